The number of hydrogen-bond acceptors (Lipinski definition) is 4. The molecule has 1 atom stereocenters. The summed E-state index contributed by atoms with van der Waals surface area (Å²) in [5.41, 5.74) is -0.418. The van der Waals surface area contributed by atoms with E-state index in [1.807, 2.05) is 4.90 Å². The zero-order valence-electron chi connectivity index (χ0n) is 13.4. The zero-order chi connectivity index (χ0) is 15.6. The number of morpholine rings is 1. The average Bonchev–Trinajstić information content (AvgIpc) is 2.67. The Hall–Kier alpha value is -0.720. The van der Waals surface area contributed by atoms with Crippen LogP contribution < -0.4 is 0 Å². The fourth-order valence-corrected chi connectivity index (χ4v) is 3.72. The first kappa shape index (κ1) is 16.1. The summed E-state index contributed by atoms with van der Waals surface area (Å²) in [6, 6.07) is 0. The highest BCUT2D eigenvalue weighted by atomic mass is 19.1. The van der Waals surface area contributed by atoms with Gasteiger partial charge in [0.2, 0.25) is 5.91 Å². The molecule has 6 heteroatoms. The standard InChI is InChI=1S/C16H27FN2O3/c1-2-3-18-4-7-22-16(10-18)11-19(5-6-21-12-16)15(20)13-8-14(17)9-13/h13-14H,2-12H2,1H3/t13?,14?,16-/m1/s1. The molecule has 2 aliphatic heterocycles. The molecule has 3 fully saturated rings. The van der Waals surface area contributed by atoms with E-state index in [4.69, 9.17) is 9.47 Å². The van der Waals surface area contributed by atoms with E-state index >= 15 is 0 Å². The molecule has 5 nitrogen and oxygen atoms in total. The number of amides is 1. The lowest BCUT2D eigenvalue weighted by Gasteiger charge is -2.44. The second-order valence-corrected chi connectivity index (χ2v) is 6.89. The van der Waals surface area contributed by atoms with Gasteiger partial charge in [-0.3, -0.25) is 9.69 Å². The molecule has 0 aromatic heterocycles. The quantitative estimate of drug-likeness (QED) is 0.782. The van der Waals surface area contributed by atoms with E-state index in [1.165, 1.54) is 0 Å². The molecule has 0 radical (unpaired) electrons. The third-order valence-corrected chi connectivity index (χ3v) is 4.96. The molecule has 1 aliphatic carbocycles. The van der Waals surface area contributed by atoms with Gasteiger partial charge in [0.05, 0.1) is 26.4 Å². The summed E-state index contributed by atoms with van der Waals surface area (Å²) >= 11 is 0. The fourth-order valence-electron chi connectivity index (χ4n) is 3.72. The molecule has 3 rings (SSSR count). The first-order valence-corrected chi connectivity index (χ1v) is 8.49. The Morgan fingerprint density at radius 2 is 2.09 bits per heavy atom. The SMILES string of the molecule is CCCN1CCO[C@]2(COCCN(C(=O)C3CC(F)C3)C2)C1. The fraction of sp³-hybridized carbons (Fsp3) is 0.938. The Balaban J connectivity index is 1.65. The summed E-state index contributed by atoms with van der Waals surface area (Å²) in [5.74, 6) is -0.0597. The Morgan fingerprint density at radius 3 is 2.82 bits per heavy atom. The second-order valence-electron chi connectivity index (χ2n) is 6.89. The van der Waals surface area contributed by atoms with Crippen molar-refractivity contribution in [2.24, 2.45) is 5.92 Å². The van der Waals surface area contributed by atoms with Crippen LogP contribution in [0.3, 0.4) is 0 Å². The van der Waals surface area contributed by atoms with Gasteiger partial charge in [-0.15, -0.1) is 0 Å². The van der Waals surface area contributed by atoms with E-state index in [-0.39, 0.29) is 11.8 Å². The topological polar surface area (TPSA) is 42.0 Å². The highest BCUT2D eigenvalue weighted by Gasteiger charge is 2.44. The lowest BCUT2D eigenvalue weighted by Crippen LogP contribution is -2.60. The predicted molar refractivity (Wildman–Crippen MR) is 80.4 cm³/mol. The molecule has 2 heterocycles. The van der Waals surface area contributed by atoms with Crippen LogP contribution in [0.4, 0.5) is 4.39 Å². The van der Waals surface area contributed by atoms with Crippen molar-refractivity contribution in [1.29, 1.82) is 0 Å². The van der Waals surface area contributed by atoms with Gasteiger partial charge in [0, 0.05) is 25.6 Å². The van der Waals surface area contributed by atoms with Crippen molar-refractivity contribution in [2.45, 2.75) is 38.0 Å². The monoisotopic (exact) mass is 314 g/mol. The number of carbonyl (C=O) groups excluding carboxylic acids is 1. The van der Waals surface area contributed by atoms with Gasteiger partial charge < -0.3 is 14.4 Å². The van der Waals surface area contributed by atoms with Gasteiger partial charge in [0.25, 0.3) is 0 Å². The minimum atomic E-state index is -0.794. The molecule has 126 valence electrons. The second kappa shape index (κ2) is 6.81. The molecule has 1 saturated carbocycles. The van der Waals surface area contributed by atoms with Crippen LogP contribution in [-0.2, 0) is 14.3 Å². The smallest absolute Gasteiger partial charge is 0.226 e. The van der Waals surface area contributed by atoms with Gasteiger partial charge in [-0.25, -0.2) is 4.39 Å². The van der Waals surface area contributed by atoms with Gasteiger partial charge in [-0.1, -0.05) is 6.92 Å². The maximum atomic E-state index is 13.0. The number of hydrogen-bond donors (Lipinski definition) is 0. The highest BCUT2D eigenvalue weighted by molar-refractivity contribution is 5.80. The molecule has 0 aromatic carbocycles. The molecular weight excluding hydrogens is 287 g/mol. The predicted octanol–water partition coefficient (Wildman–Crippen LogP) is 1.07. The molecule has 0 bridgehead atoms. The third kappa shape index (κ3) is 3.44. The van der Waals surface area contributed by atoms with Crippen molar-refractivity contribution in [1.82, 2.24) is 9.80 Å². The highest BCUT2D eigenvalue weighted by Crippen LogP contribution is 2.33. The van der Waals surface area contributed by atoms with Crippen LogP contribution >= 0.6 is 0 Å². The van der Waals surface area contributed by atoms with E-state index < -0.39 is 11.8 Å². The van der Waals surface area contributed by atoms with Crippen molar-refractivity contribution in [3.63, 3.8) is 0 Å². The number of ether oxygens (including phenoxy) is 2. The largest absolute Gasteiger partial charge is 0.376 e. The summed E-state index contributed by atoms with van der Waals surface area (Å²) in [6.45, 7) is 7.88. The Bertz CT molecular complexity index is 401. The van der Waals surface area contributed by atoms with Crippen molar-refractivity contribution in [3.05, 3.63) is 0 Å². The van der Waals surface area contributed by atoms with Crippen LogP contribution in [0.25, 0.3) is 0 Å². The van der Waals surface area contributed by atoms with Crippen LogP contribution in [0, 0.1) is 5.92 Å². The molecule has 3 aliphatic rings. The number of alkyl halides is 1. The Morgan fingerprint density at radius 1 is 1.27 bits per heavy atom. The molecule has 1 spiro atoms. The lowest BCUT2D eigenvalue weighted by atomic mass is 9.82. The Kier molecular flexibility index (Phi) is 5.00. The molecular formula is C16H27FN2O3. The van der Waals surface area contributed by atoms with E-state index in [0.29, 0.717) is 45.8 Å². The van der Waals surface area contributed by atoms with Crippen LogP contribution in [0.2, 0.25) is 0 Å². The van der Waals surface area contributed by atoms with E-state index in [2.05, 4.69) is 11.8 Å². The van der Waals surface area contributed by atoms with Crippen LogP contribution in [0.1, 0.15) is 26.2 Å². The van der Waals surface area contributed by atoms with Crippen molar-refractivity contribution in [2.75, 3.05) is 52.5 Å². The number of nitrogens with zero attached hydrogens (tertiary/aromatic N) is 2. The van der Waals surface area contributed by atoms with E-state index in [1.54, 1.807) is 0 Å². The lowest BCUT2D eigenvalue weighted by molar-refractivity contribution is -0.156. The minimum absolute atomic E-state index is 0.0787. The summed E-state index contributed by atoms with van der Waals surface area (Å²) in [6.07, 6.45) is 1.08. The van der Waals surface area contributed by atoms with E-state index in [9.17, 15) is 9.18 Å². The Labute approximate surface area is 131 Å². The minimum Gasteiger partial charge on any atom is -0.376 e. The van der Waals surface area contributed by atoms with Gasteiger partial charge in [-0.05, 0) is 25.8 Å². The number of carbonyl (C=O) groups is 1. The number of rotatable bonds is 3. The number of halogens is 1. The van der Waals surface area contributed by atoms with Gasteiger partial charge in [0.1, 0.15) is 11.8 Å². The van der Waals surface area contributed by atoms with Crippen molar-refractivity contribution in [3.8, 4) is 0 Å². The summed E-state index contributed by atoms with van der Waals surface area (Å²) in [5, 5.41) is 0. The summed E-state index contributed by atoms with van der Waals surface area (Å²) in [4.78, 5) is 16.8. The molecule has 0 aromatic rings. The van der Waals surface area contributed by atoms with Gasteiger partial charge in [0.15, 0.2) is 0 Å². The molecule has 22 heavy (non-hydrogen) atoms. The molecule has 1 amide bonds. The van der Waals surface area contributed by atoms with E-state index in [0.717, 1.165) is 26.1 Å². The first-order valence-electron chi connectivity index (χ1n) is 8.49. The average molecular weight is 314 g/mol. The van der Waals surface area contributed by atoms with Crippen molar-refractivity contribution < 1.29 is 18.7 Å². The maximum Gasteiger partial charge on any atom is 0.226 e. The van der Waals surface area contributed by atoms with Crippen LogP contribution in [0.15, 0.2) is 0 Å². The normalized spacial score (nSPS) is 36.9. The molecule has 2 saturated heterocycles. The maximum absolute atomic E-state index is 13.0. The van der Waals surface area contributed by atoms with Gasteiger partial charge in [-0.2, -0.15) is 0 Å². The zero-order valence-corrected chi connectivity index (χ0v) is 13.4. The van der Waals surface area contributed by atoms with Gasteiger partial charge >= 0.3 is 0 Å². The molecule has 0 unspecified atom stereocenters. The third-order valence-electron chi connectivity index (χ3n) is 4.96. The van der Waals surface area contributed by atoms with Crippen LogP contribution in [0.5, 0.6) is 0 Å². The summed E-state index contributed by atoms with van der Waals surface area (Å²) < 4.78 is 24.8. The van der Waals surface area contributed by atoms with Crippen LogP contribution in [-0.4, -0.2) is 80.0 Å². The first-order chi connectivity index (χ1) is 10.6. The summed E-state index contributed by atoms with van der Waals surface area (Å²) in [7, 11) is 0. The van der Waals surface area contributed by atoms with Crippen molar-refractivity contribution >= 4 is 5.91 Å². The molecule has 0 N–H and O–H groups in total.